The molecule has 3 N–H and O–H groups in total. The van der Waals surface area contributed by atoms with Gasteiger partial charge in [0, 0.05) is 50.9 Å². The fourth-order valence-electron chi connectivity index (χ4n) is 5.53. The van der Waals surface area contributed by atoms with E-state index in [1.165, 1.54) is 41.1 Å². The molecule has 1 saturated heterocycles. The van der Waals surface area contributed by atoms with E-state index in [4.69, 9.17) is 5.73 Å². The molecule has 1 heterocycles. The van der Waals surface area contributed by atoms with E-state index < -0.39 is 53.0 Å². The van der Waals surface area contributed by atoms with Crippen molar-refractivity contribution in [3.63, 3.8) is 0 Å². The topological polar surface area (TPSA) is 81.9 Å². The average molecular weight is 640 g/mol. The summed E-state index contributed by atoms with van der Waals surface area (Å²) in [7, 11) is 2.44. The van der Waals surface area contributed by atoms with Crippen molar-refractivity contribution in [2.24, 2.45) is 5.73 Å². The first-order valence-electron chi connectivity index (χ1n) is 13.4. The number of rotatable bonds is 4. The molecule has 7 nitrogen and oxygen atoms in total. The zero-order valence-electron chi connectivity index (χ0n) is 23.4. The largest absolute Gasteiger partial charge is 0.416 e. The van der Waals surface area contributed by atoms with Crippen molar-refractivity contribution < 1.29 is 40.3 Å². The van der Waals surface area contributed by atoms with Gasteiger partial charge in [-0.25, -0.2) is 14.0 Å². The summed E-state index contributed by atoms with van der Waals surface area (Å²) in [6, 6.07) is 4.47. The fourth-order valence-corrected chi connectivity index (χ4v) is 5.53. The minimum absolute atomic E-state index is 0. The summed E-state index contributed by atoms with van der Waals surface area (Å²) in [6.45, 7) is 0.185. The first-order chi connectivity index (χ1) is 19.5. The van der Waals surface area contributed by atoms with Gasteiger partial charge in [0.1, 0.15) is 5.82 Å². The van der Waals surface area contributed by atoms with Crippen LogP contribution >= 0.6 is 12.4 Å². The number of urea groups is 2. The third-order valence-electron chi connectivity index (χ3n) is 8.02. The second-order valence-corrected chi connectivity index (χ2v) is 10.9. The van der Waals surface area contributed by atoms with Crippen molar-refractivity contribution >= 4 is 30.2 Å². The molecule has 15 heteroatoms. The molecule has 2 aromatic carbocycles. The fraction of sp³-hybridized carbons (Fsp3) is 0.500. The van der Waals surface area contributed by atoms with E-state index in [2.05, 4.69) is 5.32 Å². The van der Waals surface area contributed by atoms with Crippen molar-refractivity contribution in [3.8, 4) is 0 Å². The van der Waals surface area contributed by atoms with Crippen molar-refractivity contribution in [3.05, 3.63) is 65.0 Å². The van der Waals surface area contributed by atoms with Gasteiger partial charge in [-0.1, -0.05) is 12.1 Å². The van der Waals surface area contributed by atoms with Crippen LogP contribution in [-0.4, -0.2) is 67.2 Å². The normalized spacial score (nSPS) is 22.5. The first-order valence-corrected chi connectivity index (χ1v) is 13.4. The van der Waals surface area contributed by atoms with E-state index in [9.17, 15) is 40.3 Å². The number of nitrogens with zero attached hydrogens (tertiary/aromatic N) is 3. The summed E-state index contributed by atoms with van der Waals surface area (Å²) >= 11 is 0. The highest BCUT2D eigenvalue weighted by atomic mass is 35.5. The van der Waals surface area contributed by atoms with E-state index in [1.54, 1.807) is 0 Å². The van der Waals surface area contributed by atoms with Gasteiger partial charge in [-0.2, -0.15) is 26.3 Å². The Labute approximate surface area is 250 Å². The molecule has 2 atom stereocenters. The Morgan fingerprint density at radius 3 is 1.93 bits per heavy atom. The number of carbonyl (C=O) groups is 2. The van der Waals surface area contributed by atoms with Gasteiger partial charge in [-0.05, 0) is 61.6 Å². The molecule has 0 radical (unpaired) electrons. The van der Waals surface area contributed by atoms with Crippen LogP contribution in [0.1, 0.15) is 48.3 Å². The predicted molar refractivity (Wildman–Crippen MR) is 149 cm³/mol. The van der Waals surface area contributed by atoms with Crippen molar-refractivity contribution in [1.29, 1.82) is 0 Å². The minimum Gasteiger partial charge on any atom is -0.335 e. The molecule has 0 bridgehead atoms. The minimum atomic E-state index is -5.08. The molecule has 4 amide bonds. The number of anilines is 1. The van der Waals surface area contributed by atoms with Crippen LogP contribution in [0.15, 0.2) is 42.5 Å². The van der Waals surface area contributed by atoms with Crippen molar-refractivity contribution in [1.82, 2.24) is 15.1 Å². The average Bonchev–Trinajstić information content (AvgIpc) is 3.38. The third kappa shape index (κ3) is 8.02. The number of likely N-dealkylation sites (N-methyl/N-ethyl adjacent to an activating group) is 1. The SMILES string of the molecule is CN(C(=O)N(C)C1CN(C(=O)NC2CCC(N)CC2)CC1c1ccc(F)cc1)c1cc(C(F)(F)F)cc(C(F)(F)F)c1.Cl. The summed E-state index contributed by atoms with van der Waals surface area (Å²) in [5.74, 6) is -1.00. The van der Waals surface area contributed by atoms with Gasteiger partial charge in [0.2, 0.25) is 0 Å². The maximum Gasteiger partial charge on any atom is 0.416 e. The Hall–Kier alpha value is -3.26. The van der Waals surface area contributed by atoms with Gasteiger partial charge in [-0.15, -0.1) is 12.4 Å². The molecule has 43 heavy (non-hydrogen) atoms. The Kier molecular flexibility index (Phi) is 10.5. The maximum atomic E-state index is 13.7. The number of hydrogen-bond acceptors (Lipinski definition) is 3. The number of amides is 4. The molecule has 238 valence electrons. The van der Waals surface area contributed by atoms with E-state index in [1.807, 2.05) is 0 Å². The smallest absolute Gasteiger partial charge is 0.335 e. The molecule has 2 aromatic rings. The Morgan fingerprint density at radius 2 is 1.42 bits per heavy atom. The van der Waals surface area contributed by atoms with Crippen LogP contribution in [0.4, 0.5) is 46.0 Å². The van der Waals surface area contributed by atoms with Gasteiger partial charge in [0.15, 0.2) is 0 Å². The molecule has 2 unspecified atom stereocenters. The second kappa shape index (κ2) is 13.2. The van der Waals surface area contributed by atoms with Crippen LogP contribution in [0.3, 0.4) is 0 Å². The van der Waals surface area contributed by atoms with Crippen LogP contribution in [0.25, 0.3) is 0 Å². The van der Waals surface area contributed by atoms with E-state index in [-0.39, 0.29) is 49.7 Å². The molecule has 2 aliphatic rings. The number of nitrogens with two attached hydrogens (primary N) is 1. The Balaban J connectivity index is 0.00000506. The summed E-state index contributed by atoms with van der Waals surface area (Å²) in [6.07, 6.45) is -7.20. The molecule has 1 aliphatic heterocycles. The lowest BCUT2D eigenvalue weighted by Gasteiger charge is -2.33. The predicted octanol–water partition coefficient (Wildman–Crippen LogP) is 6.22. The van der Waals surface area contributed by atoms with Crippen LogP contribution in [0, 0.1) is 5.82 Å². The number of nitrogens with one attached hydrogen (secondary N) is 1. The first kappa shape index (κ1) is 34.2. The summed E-state index contributed by atoms with van der Waals surface area (Å²) in [5.41, 5.74) is 2.86. The lowest BCUT2D eigenvalue weighted by Crippen LogP contribution is -2.49. The number of alkyl halides is 6. The van der Waals surface area contributed by atoms with Gasteiger partial charge < -0.3 is 20.9 Å². The van der Waals surface area contributed by atoms with Gasteiger partial charge in [0.05, 0.1) is 17.2 Å². The molecular weight excluding hydrogens is 607 g/mol. The zero-order chi connectivity index (χ0) is 31.0. The molecule has 1 saturated carbocycles. The van der Waals surface area contributed by atoms with Gasteiger partial charge >= 0.3 is 24.4 Å². The number of benzene rings is 2. The van der Waals surface area contributed by atoms with Crippen LogP contribution in [0.2, 0.25) is 0 Å². The van der Waals surface area contributed by atoms with E-state index >= 15 is 0 Å². The van der Waals surface area contributed by atoms with Crippen LogP contribution < -0.4 is 16.0 Å². The van der Waals surface area contributed by atoms with Crippen LogP contribution in [0.5, 0.6) is 0 Å². The molecular formula is C28H33ClF7N5O2. The standard InChI is InChI=1S/C28H32F7N5O2.ClH/c1-38(22-12-17(27(30,31)32)11-18(13-22)28(33,34)35)26(42)39(2)24-15-40(14-23(24)16-3-5-19(29)6-4-16)25(41)37-21-9-7-20(36)8-10-21;/h3-6,11-13,20-21,23-24H,7-10,14-15,36H2,1-2H3,(H,37,41);1H. The summed E-state index contributed by atoms with van der Waals surface area (Å²) in [4.78, 5) is 30.1. The van der Waals surface area contributed by atoms with E-state index in [0.717, 1.165) is 19.9 Å². The Morgan fingerprint density at radius 1 is 0.884 bits per heavy atom. The van der Waals surface area contributed by atoms with E-state index in [0.29, 0.717) is 35.4 Å². The monoisotopic (exact) mass is 639 g/mol. The quantitative estimate of drug-likeness (QED) is 0.390. The molecule has 0 aromatic heterocycles. The highest BCUT2D eigenvalue weighted by molar-refractivity contribution is 5.92. The summed E-state index contributed by atoms with van der Waals surface area (Å²) < 4.78 is 94.2. The molecule has 1 aliphatic carbocycles. The number of carbonyl (C=O) groups excluding carboxylic acids is 2. The Bertz CT molecular complexity index is 1250. The molecule has 2 fully saturated rings. The van der Waals surface area contributed by atoms with Crippen molar-refractivity contribution in [2.45, 2.75) is 62.1 Å². The lowest BCUT2D eigenvalue weighted by molar-refractivity contribution is -0.143. The zero-order valence-corrected chi connectivity index (χ0v) is 24.2. The highest BCUT2D eigenvalue weighted by Crippen LogP contribution is 2.39. The highest BCUT2D eigenvalue weighted by Gasteiger charge is 2.42. The summed E-state index contributed by atoms with van der Waals surface area (Å²) in [5, 5.41) is 2.98. The third-order valence-corrected chi connectivity index (χ3v) is 8.02. The number of hydrogen-bond donors (Lipinski definition) is 2. The van der Waals surface area contributed by atoms with Gasteiger partial charge in [0.25, 0.3) is 0 Å². The number of likely N-dealkylation sites (tertiary alicyclic amines) is 1. The van der Waals surface area contributed by atoms with Gasteiger partial charge in [-0.3, -0.25) is 4.90 Å². The molecule has 0 spiro atoms. The molecule has 4 rings (SSSR count). The van der Waals surface area contributed by atoms with Crippen molar-refractivity contribution in [2.75, 3.05) is 32.1 Å². The van der Waals surface area contributed by atoms with Crippen LogP contribution in [-0.2, 0) is 12.4 Å². The second-order valence-electron chi connectivity index (χ2n) is 10.9. The maximum absolute atomic E-state index is 13.7. The number of halogens is 8. The lowest BCUT2D eigenvalue weighted by atomic mass is 9.92.